The molecule has 0 aliphatic heterocycles. The second-order valence-electron chi connectivity index (χ2n) is 6.59. The number of Topliss-reactive ketones (excluding diaryl/α,β-unsaturated/α-hetero) is 1. The van der Waals surface area contributed by atoms with Gasteiger partial charge in [-0.3, -0.25) is 4.79 Å². The number of aryl methyl sites for hydroxylation is 2. The zero-order chi connectivity index (χ0) is 20.6. The molecular weight excluding hydrogens is 389 g/mol. The van der Waals surface area contributed by atoms with Crippen LogP contribution in [-0.2, 0) is 30.6 Å². The molecule has 0 amide bonds. The smallest absolute Gasteiger partial charge is 0.191 e. The van der Waals surface area contributed by atoms with Crippen LogP contribution in [0.3, 0.4) is 0 Å². The highest BCUT2D eigenvalue weighted by atomic mass is 32.2. The highest BCUT2D eigenvalue weighted by Gasteiger charge is 2.14. The van der Waals surface area contributed by atoms with Crippen molar-refractivity contribution in [3.8, 4) is 5.75 Å². The molecule has 5 nitrogen and oxygen atoms in total. The Morgan fingerprint density at radius 1 is 1.10 bits per heavy atom. The Bertz CT molecular complexity index is 957. The van der Waals surface area contributed by atoms with E-state index in [4.69, 9.17) is 4.74 Å². The van der Waals surface area contributed by atoms with Crippen LogP contribution in [0.25, 0.3) is 0 Å². The lowest BCUT2D eigenvalue weighted by atomic mass is 10.1. The molecule has 0 N–H and O–H groups in total. The summed E-state index contributed by atoms with van der Waals surface area (Å²) >= 11 is 1.41. The minimum atomic E-state index is -0.234. The fourth-order valence-electron chi connectivity index (χ4n) is 3.09. The Labute approximate surface area is 174 Å². The lowest BCUT2D eigenvalue weighted by molar-refractivity contribution is -0.116. The molecule has 0 spiro atoms. The van der Waals surface area contributed by atoms with Crippen LogP contribution in [-0.4, -0.2) is 33.4 Å². The molecular formula is C22H24FN3O2S. The van der Waals surface area contributed by atoms with Gasteiger partial charge >= 0.3 is 0 Å². The Morgan fingerprint density at radius 2 is 1.86 bits per heavy atom. The van der Waals surface area contributed by atoms with Crippen LogP contribution < -0.4 is 4.74 Å². The maximum Gasteiger partial charge on any atom is 0.191 e. The summed E-state index contributed by atoms with van der Waals surface area (Å²) in [6.07, 6.45) is 1.80. The molecule has 0 fully saturated rings. The van der Waals surface area contributed by atoms with E-state index in [1.807, 2.05) is 35.8 Å². The van der Waals surface area contributed by atoms with E-state index in [9.17, 15) is 9.18 Å². The number of halogens is 1. The average molecular weight is 414 g/mol. The van der Waals surface area contributed by atoms with Crippen LogP contribution in [0.2, 0.25) is 0 Å². The van der Waals surface area contributed by atoms with Crippen molar-refractivity contribution in [1.82, 2.24) is 14.8 Å². The molecule has 3 aromatic rings. The molecule has 0 saturated carbocycles. The Hall–Kier alpha value is -2.67. The first-order valence-electron chi connectivity index (χ1n) is 9.53. The third-order valence-corrected chi connectivity index (χ3v) is 5.63. The van der Waals surface area contributed by atoms with Gasteiger partial charge in [0.15, 0.2) is 5.16 Å². The summed E-state index contributed by atoms with van der Waals surface area (Å²) in [5.41, 5.74) is 1.94. The number of ether oxygens (including phenoxy) is 1. The monoisotopic (exact) mass is 413 g/mol. The molecule has 1 aromatic heterocycles. The van der Waals surface area contributed by atoms with E-state index in [1.54, 1.807) is 19.2 Å². The van der Waals surface area contributed by atoms with Crippen molar-refractivity contribution in [3.05, 3.63) is 71.3 Å². The zero-order valence-corrected chi connectivity index (χ0v) is 17.4. The molecule has 0 aliphatic carbocycles. The van der Waals surface area contributed by atoms with Gasteiger partial charge in [-0.1, -0.05) is 42.1 Å². The second kappa shape index (κ2) is 10.2. The van der Waals surface area contributed by atoms with Crippen molar-refractivity contribution in [2.45, 2.75) is 37.9 Å². The van der Waals surface area contributed by atoms with Crippen molar-refractivity contribution < 1.29 is 13.9 Å². The number of rotatable bonds is 10. The highest BCUT2D eigenvalue weighted by molar-refractivity contribution is 7.99. The molecule has 152 valence electrons. The zero-order valence-electron chi connectivity index (χ0n) is 16.6. The normalized spacial score (nSPS) is 10.9. The number of aromatic nitrogens is 3. The molecule has 0 atom stereocenters. The van der Waals surface area contributed by atoms with E-state index in [0.29, 0.717) is 18.6 Å². The predicted octanol–water partition coefficient (Wildman–Crippen LogP) is 4.13. The number of methoxy groups -OCH3 is 1. The van der Waals surface area contributed by atoms with E-state index >= 15 is 0 Å². The van der Waals surface area contributed by atoms with Crippen LogP contribution in [0.4, 0.5) is 4.39 Å². The maximum atomic E-state index is 13.0. The van der Waals surface area contributed by atoms with Crippen LogP contribution in [0.5, 0.6) is 5.75 Å². The molecule has 0 unspecified atom stereocenters. The standard InChI is InChI=1S/C22H24FN3O2S/c1-3-26-21(13-10-16-8-11-18(23)12-9-16)24-25-22(26)29-15-19(27)14-17-6-4-5-7-20(17)28-2/h4-9,11-12H,3,10,13-15H2,1-2H3. The summed E-state index contributed by atoms with van der Waals surface area (Å²) < 4.78 is 20.4. The van der Waals surface area contributed by atoms with Gasteiger partial charge in [-0.05, 0) is 37.1 Å². The SMILES string of the molecule is CCn1c(CCc2ccc(F)cc2)nnc1SCC(=O)Cc1ccccc1OC. The Kier molecular flexibility index (Phi) is 7.41. The number of carbonyl (C=O) groups excluding carboxylic acids is 1. The van der Waals surface area contributed by atoms with E-state index in [1.165, 1.54) is 23.9 Å². The minimum absolute atomic E-state index is 0.109. The Balaban J connectivity index is 1.58. The molecule has 0 aliphatic rings. The summed E-state index contributed by atoms with van der Waals surface area (Å²) in [4.78, 5) is 12.4. The van der Waals surface area contributed by atoms with Crippen molar-refractivity contribution >= 4 is 17.5 Å². The molecule has 2 aromatic carbocycles. The number of ketones is 1. The highest BCUT2D eigenvalue weighted by Crippen LogP contribution is 2.21. The van der Waals surface area contributed by atoms with Crippen molar-refractivity contribution in [1.29, 1.82) is 0 Å². The number of thioether (sulfide) groups is 1. The van der Waals surface area contributed by atoms with Gasteiger partial charge in [0.25, 0.3) is 0 Å². The number of para-hydroxylation sites is 1. The van der Waals surface area contributed by atoms with Crippen LogP contribution in [0.1, 0.15) is 23.9 Å². The Morgan fingerprint density at radius 3 is 2.59 bits per heavy atom. The number of nitrogens with zero attached hydrogens (tertiary/aromatic N) is 3. The van der Waals surface area contributed by atoms with Gasteiger partial charge < -0.3 is 9.30 Å². The van der Waals surface area contributed by atoms with Crippen molar-refractivity contribution in [2.75, 3.05) is 12.9 Å². The van der Waals surface area contributed by atoms with Gasteiger partial charge in [-0.2, -0.15) is 0 Å². The topological polar surface area (TPSA) is 57.0 Å². The average Bonchev–Trinajstić information content (AvgIpc) is 3.14. The molecule has 3 rings (SSSR count). The van der Waals surface area contributed by atoms with Gasteiger partial charge in [-0.25, -0.2) is 4.39 Å². The van der Waals surface area contributed by atoms with Gasteiger partial charge in [-0.15, -0.1) is 10.2 Å². The summed E-state index contributed by atoms with van der Waals surface area (Å²) in [5.74, 6) is 1.80. The van der Waals surface area contributed by atoms with Gasteiger partial charge in [0, 0.05) is 24.9 Å². The lowest BCUT2D eigenvalue weighted by Gasteiger charge is -2.08. The number of hydrogen-bond acceptors (Lipinski definition) is 5. The largest absolute Gasteiger partial charge is 0.496 e. The number of carbonyl (C=O) groups is 1. The summed E-state index contributed by atoms with van der Waals surface area (Å²) in [5, 5.41) is 9.31. The van der Waals surface area contributed by atoms with E-state index in [-0.39, 0.29) is 11.6 Å². The van der Waals surface area contributed by atoms with E-state index in [0.717, 1.165) is 40.8 Å². The molecule has 1 heterocycles. The fraction of sp³-hybridized carbons (Fsp3) is 0.318. The first-order valence-corrected chi connectivity index (χ1v) is 10.5. The molecule has 29 heavy (non-hydrogen) atoms. The van der Waals surface area contributed by atoms with E-state index < -0.39 is 0 Å². The van der Waals surface area contributed by atoms with Crippen molar-refractivity contribution in [3.63, 3.8) is 0 Å². The summed E-state index contributed by atoms with van der Waals surface area (Å²) in [6.45, 7) is 2.76. The maximum absolute atomic E-state index is 13.0. The number of hydrogen-bond donors (Lipinski definition) is 0. The first kappa shape index (κ1) is 21.0. The molecule has 0 saturated heterocycles. The third-order valence-electron chi connectivity index (χ3n) is 4.60. The van der Waals surface area contributed by atoms with Crippen LogP contribution in [0, 0.1) is 5.82 Å². The fourth-order valence-corrected chi connectivity index (χ4v) is 3.97. The van der Waals surface area contributed by atoms with Gasteiger partial charge in [0.05, 0.1) is 12.9 Å². The number of benzene rings is 2. The van der Waals surface area contributed by atoms with Gasteiger partial charge in [0.1, 0.15) is 23.2 Å². The first-order chi connectivity index (χ1) is 14.1. The molecule has 0 bridgehead atoms. The van der Waals surface area contributed by atoms with Gasteiger partial charge in [0.2, 0.25) is 0 Å². The quantitative estimate of drug-likeness (QED) is 0.468. The van der Waals surface area contributed by atoms with Crippen LogP contribution in [0.15, 0.2) is 53.7 Å². The second-order valence-corrected chi connectivity index (χ2v) is 7.53. The third kappa shape index (κ3) is 5.67. The molecule has 0 radical (unpaired) electrons. The van der Waals surface area contributed by atoms with E-state index in [2.05, 4.69) is 10.2 Å². The predicted molar refractivity (Wildman–Crippen MR) is 112 cm³/mol. The van der Waals surface area contributed by atoms with Crippen LogP contribution >= 0.6 is 11.8 Å². The lowest BCUT2D eigenvalue weighted by Crippen LogP contribution is -2.09. The van der Waals surface area contributed by atoms with Crippen molar-refractivity contribution in [2.24, 2.45) is 0 Å². The molecule has 7 heteroatoms. The summed E-state index contributed by atoms with van der Waals surface area (Å²) in [6, 6.07) is 14.1. The summed E-state index contributed by atoms with van der Waals surface area (Å²) in [7, 11) is 1.61. The minimum Gasteiger partial charge on any atom is -0.496 e.